The standard InChI is InChI=1S/C17H15N3O4/c21-11-3-4-12-10(6-17(23)24-14(12)7-11)5-16(22)18-15-8-13(19-20-15)9-1-2-9/h3-4,6-9,21H,1-2,5H2,(H2,18,19,20,22). The van der Waals surface area contributed by atoms with E-state index in [1.807, 2.05) is 6.07 Å². The zero-order chi connectivity index (χ0) is 16.7. The minimum absolute atomic E-state index is 0.00335. The van der Waals surface area contributed by atoms with E-state index in [1.165, 1.54) is 18.2 Å². The fourth-order valence-corrected chi connectivity index (χ4v) is 2.73. The fourth-order valence-electron chi connectivity index (χ4n) is 2.73. The lowest BCUT2D eigenvalue weighted by Gasteiger charge is -2.05. The summed E-state index contributed by atoms with van der Waals surface area (Å²) >= 11 is 0. The highest BCUT2D eigenvalue weighted by molar-refractivity contribution is 5.94. The van der Waals surface area contributed by atoms with Gasteiger partial charge in [-0.25, -0.2) is 4.79 Å². The minimum atomic E-state index is -0.563. The number of amides is 1. The molecule has 0 unspecified atom stereocenters. The molecule has 2 heterocycles. The lowest BCUT2D eigenvalue weighted by atomic mass is 10.1. The van der Waals surface area contributed by atoms with Crippen molar-refractivity contribution in [2.24, 2.45) is 0 Å². The van der Waals surface area contributed by atoms with E-state index in [9.17, 15) is 14.7 Å². The summed E-state index contributed by atoms with van der Waals surface area (Å²) in [5, 5.41) is 19.8. The number of nitrogens with zero attached hydrogens (tertiary/aromatic N) is 1. The molecule has 0 radical (unpaired) electrons. The lowest BCUT2D eigenvalue weighted by Crippen LogP contribution is -2.16. The van der Waals surface area contributed by atoms with E-state index in [1.54, 1.807) is 6.07 Å². The van der Waals surface area contributed by atoms with Gasteiger partial charge in [-0.05, 0) is 30.5 Å². The van der Waals surface area contributed by atoms with Crippen molar-refractivity contribution in [1.82, 2.24) is 10.2 Å². The smallest absolute Gasteiger partial charge is 0.336 e. The van der Waals surface area contributed by atoms with Crippen LogP contribution in [-0.2, 0) is 11.2 Å². The third-order valence-corrected chi connectivity index (χ3v) is 4.05. The van der Waals surface area contributed by atoms with Gasteiger partial charge in [0.15, 0.2) is 5.82 Å². The second-order valence-electron chi connectivity index (χ2n) is 5.98. The third kappa shape index (κ3) is 2.88. The van der Waals surface area contributed by atoms with Crippen LogP contribution in [-0.4, -0.2) is 21.2 Å². The molecule has 3 aromatic rings. The van der Waals surface area contributed by atoms with Gasteiger partial charge in [-0.2, -0.15) is 5.10 Å². The van der Waals surface area contributed by atoms with Gasteiger partial charge < -0.3 is 14.8 Å². The predicted octanol–water partition coefficient (Wildman–Crippen LogP) is 2.28. The summed E-state index contributed by atoms with van der Waals surface area (Å²) in [6.45, 7) is 0. The summed E-state index contributed by atoms with van der Waals surface area (Å²) in [6.07, 6.45) is 2.31. The maximum atomic E-state index is 12.3. The number of aromatic nitrogens is 2. The lowest BCUT2D eigenvalue weighted by molar-refractivity contribution is -0.115. The highest BCUT2D eigenvalue weighted by atomic mass is 16.4. The first-order chi connectivity index (χ1) is 11.6. The Bertz CT molecular complexity index is 985. The number of rotatable bonds is 4. The predicted molar refractivity (Wildman–Crippen MR) is 87.0 cm³/mol. The molecule has 3 N–H and O–H groups in total. The Labute approximate surface area is 136 Å². The van der Waals surface area contributed by atoms with Gasteiger partial charge in [-0.15, -0.1) is 0 Å². The van der Waals surface area contributed by atoms with Crippen molar-refractivity contribution in [3.8, 4) is 5.75 Å². The Kier molecular flexibility index (Phi) is 3.34. The van der Waals surface area contributed by atoms with Crippen LogP contribution in [0.25, 0.3) is 11.0 Å². The number of hydrogen-bond acceptors (Lipinski definition) is 5. The molecule has 1 aromatic carbocycles. The molecule has 1 aliphatic carbocycles. The molecule has 1 amide bonds. The molecule has 0 atom stereocenters. The normalized spacial score (nSPS) is 14.0. The first kappa shape index (κ1) is 14.5. The Morgan fingerprint density at radius 2 is 2.17 bits per heavy atom. The molecule has 122 valence electrons. The van der Waals surface area contributed by atoms with Crippen LogP contribution in [0.15, 0.2) is 39.5 Å². The van der Waals surface area contributed by atoms with Gasteiger partial charge in [0, 0.05) is 35.2 Å². The van der Waals surface area contributed by atoms with Gasteiger partial charge in [-0.3, -0.25) is 9.89 Å². The number of aromatic amines is 1. The Hall–Kier alpha value is -3.09. The molecule has 0 bridgehead atoms. The van der Waals surface area contributed by atoms with E-state index in [0.717, 1.165) is 18.5 Å². The van der Waals surface area contributed by atoms with Crippen LogP contribution in [0.2, 0.25) is 0 Å². The molecule has 4 rings (SSSR count). The van der Waals surface area contributed by atoms with E-state index < -0.39 is 5.63 Å². The summed E-state index contributed by atoms with van der Waals surface area (Å²) in [5.41, 5.74) is 1.26. The van der Waals surface area contributed by atoms with Gasteiger partial charge >= 0.3 is 5.63 Å². The first-order valence-electron chi connectivity index (χ1n) is 7.69. The molecule has 24 heavy (non-hydrogen) atoms. The summed E-state index contributed by atoms with van der Waals surface area (Å²) in [4.78, 5) is 23.9. The van der Waals surface area contributed by atoms with Crippen LogP contribution in [0, 0.1) is 0 Å². The SMILES string of the molecule is O=C(Cc1cc(=O)oc2cc(O)ccc12)Nc1cc(C2CC2)[nH]n1. The molecule has 1 saturated carbocycles. The molecule has 1 aliphatic rings. The van der Waals surface area contributed by atoms with E-state index in [-0.39, 0.29) is 23.7 Å². The molecule has 2 aromatic heterocycles. The topological polar surface area (TPSA) is 108 Å². The average molecular weight is 325 g/mol. The van der Waals surface area contributed by atoms with E-state index in [0.29, 0.717) is 22.7 Å². The largest absolute Gasteiger partial charge is 0.508 e. The number of phenols is 1. The zero-order valence-corrected chi connectivity index (χ0v) is 12.7. The van der Waals surface area contributed by atoms with Crippen molar-refractivity contribution < 1.29 is 14.3 Å². The van der Waals surface area contributed by atoms with Crippen LogP contribution < -0.4 is 10.9 Å². The maximum absolute atomic E-state index is 12.3. The molecule has 1 fully saturated rings. The van der Waals surface area contributed by atoms with Gasteiger partial charge in [0.2, 0.25) is 5.91 Å². The number of carbonyl (C=O) groups is 1. The second-order valence-corrected chi connectivity index (χ2v) is 5.98. The molecule has 7 nitrogen and oxygen atoms in total. The molecular weight excluding hydrogens is 310 g/mol. The zero-order valence-electron chi connectivity index (χ0n) is 12.7. The van der Waals surface area contributed by atoms with E-state index >= 15 is 0 Å². The number of H-pyrrole nitrogens is 1. The van der Waals surface area contributed by atoms with E-state index in [4.69, 9.17) is 4.42 Å². The Morgan fingerprint density at radius 3 is 2.96 bits per heavy atom. The summed E-state index contributed by atoms with van der Waals surface area (Å²) < 4.78 is 5.05. The summed E-state index contributed by atoms with van der Waals surface area (Å²) in [6, 6.07) is 7.59. The quantitative estimate of drug-likeness (QED) is 0.638. The van der Waals surface area contributed by atoms with E-state index in [2.05, 4.69) is 15.5 Å². The maximum Gasteiger partial charge on any atom is 0.336 e. The van der Waals surface area contributed by atoms with Crippen LogP contribution in [0.1, 0.15) is 30.0 Å². The highest BCUT2D eigenvalue weighted by Crippen LogP contribution is 2.39. The van der Waals surface area contributed by atoms with Crippen molar-refractivity contribution in [2.45, 2.75) is 25.2 Å². The second kappa shape index (κ2) is 5.52. The number of hydrogen-bond donors (Lipinski definition) is 3. The number of benzene rings is 1. The van der Waals surface area contributed by atoms with Gasteiger partial charge in [0.25, 0.3) is 0 Å². The number of phenolic OH excluding ortho intramolecular Hbond substituents is 1. The number of nitrogens with one attached hydrogen (secondary N) is 2. The fraction of sp³-hybridized carbons (Fsp3) is 0.235. The molecule has 0 aliphatic heterocycles. The Balaban J connectivity index is 1.56. The van der Waals surface area contributed by atoms with Crippen molar-refractivity contribution >= 4 is 22.7 Å². The van der Waals surface area contributed by atoms with Crippen LogP contribution in [0.5, 0.6) is 5.75 Å². The average Bonchev–Trinajstić information content (AvgIpc) is 3.27. The monoisotopic (exact) mass is 325 g/mol. The van der Waals surface area contributed by atoms with Crippen LogP contribution >= 0.6 is 0 Å². The van der Waals surface area contributed by atoms with Crippen molar-refractivity contribution in [2.75, 3.05) is 5.32 Å². The molecular formula is C17H15N3O4. The van der Waals surface area contributed by atoms with Crippen LogP contribution in [0.4, 0.5) is 5.82 Å². The van der Waals surface area contributed by atoms with Crippen molar-refractivity contribution in [3.05, 3.63) is 52.0 Å². The van der Waals surface area contributed by atoms with Crippen molar-refractivity contribution in [1.29, 1.82) is 0 Å². The van der Waals surface area contributed by atoms with Crippen LogP contribution in [0.3, 0.4) is 0 Å². The van der Waals surface area contributed by atoms with Gasteiger partial charge in [0.1, 0.15) is 11.3 Å². The number of carbonyl (C=O) groups excluding carboxylic acids is 1. The summed E-state index contributed by atoms with van der Waals surface area (Å²) in [5.74, 6) is 0.727. The Morgan fingerprint density at radius 1 is 1.33 bits per heavy atom. The molecule has 0 saturated heterocycles. The van der Waals surface area contributed by atoms with Gasteiger partial charge in [-0.1, -0.05) is 0 Å². The minimum Gasteiger partial charge on any atom is -0.508 e. The van der Waals surface area contributed by atoms with Crippen molar-refractivity contribution in [3.63, 3.8) is 0 Å². The molecule has 7 heteroatoms. The number of fused-ring (bicyclic) bond motifs is 1. The number of anilines is 1. The highest BCUT2D eigenvalue weighted by Gasteiger charge is 2.25. The number of aromatic hydroxyl groups is 1. The molecule has 0 spiro atoms. The summed E-state index contributed by atoms with van der Waals surface area (Å²) in [7, 11) is 0. The van der Waals surface area contributed by atoms with Gasteiger partial charge in [0.05, 0.1) is 6.42 Å². The first-order valence-corrected chi connectivity index (χ1v) is 7.69. The third-order valence-electron chi connectivity index (χ3n) is 4.05.